The van der Waals surface area contributed by atoms with E-state index in [0.29, 0.717) is 18.5 Å². The Morgan fingerprint density at radius 1 is 1.30 bits per heavy atom. The fourth-order valence-corrected chi connectivity index (χ4v) is 2.44. The Hall–Kier alpha value is -2.09. The lowest BCUT2D eigenvalue weighted by Gasteiger charge is -2.09. The number of amides is 1. The van der Waals surface area contributed by atoms with Gasteiger partial charge in [-0.05, 0) is 31.2 Å². The van der Waals surface area contributed by atoms with Crippen molar-refractivity contribution in [1.29, 1.82) is 0 Å². The molecule has 0 fully saturated rings. The number of carbonyl (C=O) groups is 1. The first-order valence-corrected chi connectivity index (χ1v) is 7.70. The lowest BCUT2D eigenvalue weighted by atomic mass is 10.2. The number of ether oxygens (including phenoxy) is 1. The molecule has 0 saturated heterocycles. The van der Waals surface area contributed by atoms with E-state index in [2.05, 4.69) is 15.0 Å². The van der Waals surface area contributed by atoms with E-state index in [9.17, 15) is 18.0 Å². The van der Waals surface area contributed by atoms with Gasteiger partial charge in [-0.1, -0.05) is 0 Å². The number of aryl methyl sites for hydroxylation is 1. The van der Waals surface area contributed by atoms with Gasteiger partial charge in [0, 0.05) is 23.9 Å². The Balaban J connectivity index is 1.80. The number of nitrogens with one attached hydrogen (secondary N) is 1. The summed E-state index contributed by atoms with van der Waals surface area (Å²) in [6.45, 7) is 0.995. The van der Waals surface area contributed by atoms with Crippen LogP contribution in [-0.2, 0) is 6.42 Å². The quantitative estimate of drug-likeness (QED) is 0.874. The number of halogens is 3. The number of rotatable bonds is 6. The highest BCUT2D eigenvalue weighted by Crippen LogP contribution is 2.18. The van der Waals surface area contributed by atoms with Crippen molar-refractivity contribution in [1.82, 2.24) is 10.3 Å². The normalized spacial score (nSPS) is 11.3. The van der Waals surface area contributed by atoms with Crippen LogP contribution in [-0.4, -0.2) is 30.2 Å². The van der Waals surface area contributed by atoms with Crippen LogP contribution in [0.2, 0.25) is 0 Å². The van der Waals surface area contributed by atoms with Crippen molar-refractivity contribution >= 4 is 17.2 Å². The second kappa shape index (κ2) is 7.45. The second-order valence-electron chi connectivity index (χ2n) is 4.79. The smallest absolute Gasteiger partial charge is 0.422 e. The lowest BCUT2D eigenvalue weighted by Crippen LogP contribution is -2.25. The van der Waals surface area contributed by atoms with Gasteiger partial charge in [-0.15, -0.1) is 11.3 Å². The first kappa shape index (κ1) is 17.3. The molecule has 0 bridgehead atoms. The molecule has 124 valence electrons. The van der Waals surface area contributed by atoms with Gasteiger partial charge in [0.15, 0.2) is 6.61 Å². The molecule has 2 aromatic rings. The van der Waals surface area contributed by atoms with E-state index in [-0.39, 0.29) is 11.7 Å². The minimum absolute atomic E-state index is 0.0665. The summed E-state index contributed by atoms with van der Waals surface area (Å²) in [4.78, 5) is 16.2. The molecular formula is C15H15F3N2O2S. The maximum atomic E-state index is 12.0. The Kier molecular flexibility index (Phi) is 5.59. The molecule has 1 aromatic carbocycles. The summed E-state index contributed by atoms with van der Waals surface area (Å²) in [7, 11) is 0. The molecule has 8 heteroatoms. The van der Waals surface area contributed by atoms with Gasteiger partial charge in [0.1, 0.15) is 5.75 Å². The predicted octanol–water partition coefficient (Wildman–Crippen LogP) is 3.37. The highest BCUT2D eigenvalue weighted by atomic mass is 32.1. The zero-order chi connectivity index (χ0) is 16.9. The molecule has 0 spiro atoms. The standard InChI is InChI=1S/C15H15F3N2O2S/c1-10-20-12(8-23-10)6-7-19-14(21)11-2-4-13(5-3-11)22-9-15(16,17)18/h2-5,8H,6-7,9H2,1H3,(H,19,21). The number of aromatic nitrogens is 1. The van der Waals surface area contributed by atoms with Crippen molar-refractivity contribution < 1.29 is 22.7 Å². The number of hydrogen-bond acceptors (Lipinski definition) is 4. The first-order chi connectivity index (χ1) is 10.8. The van der Waals surface area contributed by atoms with Gasteiger partial charge >= 0.3 is 6.18 Å². The Labute approximate surface area is 135 Å². The van der Waals surface area contributed by atoms with Crippen molar-refractivity contribution in [3.8, 4) is 5.75 Å². The van der Waals surface area contributed by atoms with Crippen LogP contribution in [0, 0.1) is 6.92 Å². The molecule has 0 atom stereocenters. The Bertz CT molecular complexity index is 653. The Morgan fingerprint density at radius 3 is 2.57 bits per heavy atom. The fourth-order valence-electron chi connectivity index (χ4n) is 1.80. The van der Waals surface area contributed by atoms with Crippen molar-refractivity contribution in [2.24, 2.45) is 0 Å². The molecule has 0 aliphatic heterocycles. The van der Waals surface area contributed by atoms with Gasteiger partial charge in [-0.2, -0.15) is 13.2 Å². The van der Waals surface area contributed by atoms with Crippen LogP contribution < -0.4 is 10.1 Å². The third-order valence-electron chi connectivity index (χ3n) is 2.85. The Morgan fingerprint density at radius 2 is 2.00 bits per heavy atom. The molecule has 1 heterocycles. The number of alkyl halides is 3. The molecule has 1 N–H and O–H groups in total. The summed E-state index contributed by atoms with van der Waals surface area (Å²) in [5, 5.41) is 5.65. The van der Waals surface area contributed by atoms with Crippen molar-refractivity contribution in [3.63, 3.8) is 0 Å². The maximum absolute atomic E-state index is 12.0. The predicted molar refractivity (Wildman–Crippen MR) is 80.9 cm³/mol. The first-order valence-electron chi connectivity index (χ1n) is 6.82. The third-order valence-corrected chi connectivity index (χ3v) is 3.67. The topological polar surface area (TPSA) is 51.2 Å². The lowest BCUT2D eigenvalue weighted by molar-refractivity contribution is -0.153. The maximum Gasteiger partial charge on any atom is 0.422 e. The molecule has 1 aromatic heterocycles. The molecule has 2 rings (SSSR count). The number of hydrogen-bond donors (Lipinski definition) is 1. The highest BCUT2D eigenvalue weighted by molar-refractivity contribution is 7.09. The van der Waals surface area contributed by atoms with E-state index in [0.717, 1.165) is 10.7 Å². The average Bonchev–Trinajstić information content (AvgIpc) is 2.90. The van der Waals surface area contributed by atoms with E-state index < -0.39 is 12.8 Å². The van der Waals surface area contributed by atoms with Crippen LogP contribution >= 0.6 is 11.3 Å². The van der Waals surface area contributed by atoms with Gasteiger partial charge in [0.25, 0.3) is 5.91 Å². The number of carbonyl (C=O) groups excluding carboxylic acids is 1. The van der Waals surface area contributed by atoms with Gasteiger partial charge in [-0.3, -0.25) is 4.79 Å². The fraction of sp³-hybridized carbons (Fsp3) is 0.333. The molecule has 23 heavy (non-hydrogen) atoms. The van der Waals surface area contributed by atoms with Gasteiger partial charge < -0.3 is 10.1 Å². The van der Waals surface area contributed by atoms with E-state index >= 15 is 0 Å². The van der Waals surface area contributed by atoms with E-state index in [4.69, 9.17) is 0 Å². The second-order valence-corrected chi connectivity index (χ2v) is 5.85. The van der Waals surface area contributed by atoms with E-state index in [1.54, 1.807) is 11.3 Å². The summed E-state index contributed by atoms with van der Waals surface area (Å²) in [5.41, 5.74) is 1.28. The molecule has 4 nitrogen and oxygen atoms in total. The number of nitrogens with zero attached hydrogens (tertiary/aromatic N) is 1. The SMILES string of the molecule is Cc1nc(CCNC(=O)c2ccc(OCC(F)(F)F)cc2)cs1. The average molecular weight is 344 g/mol. The summed E-state index contributed by atoms with van der Waals surface area (Å²) >= 11 is 1.55. The summed E-state index contributed by atoms with van der Waals surface area (Å²) in [5.74, 6) is -0.226. The largest absolute Gasteiger partial charge is 0.484 e. The van der Waals surface area contributed by atoms with Crippen LogP contribution in [0.25, 0.3) is 0 Å². The van der Waals surface area contributed by atoms with Crippen molar-refractivity contribution in [3.05, 3.63) is 45.9 Å². The molecule has 0 radical (unpaired) electrons. The zero-order valence-corrected chi connectivity index (χ0v) is 13.1. The third kappa shape index (κ3) is 5.90. The molecule has 0 unspecified atom stereocenters. The number of benzene rings is 1. The van der Waals surface area contributed by atoms with Crippen molar-refractivity contribution in [2.75, 3.05) is 13.2 Å². The molecule has 1 amide bonds. The minimum atomic E-state index is -4.38. The number of thiazole rings is 1. The van der Waals surface area contributed by atoms with E-state index in [1.807, 2.05) is 12.3 Å². The molecular weight excluding hydrogens is 329 g/mol. The minimum Gasteiger partial charge on any atom is -0.484 e. The summed E-state index contributed by atoms with van der Waals surface area (Å²) < 4.78 is 40.7. The molecule has 0 aliphatic rings. The summed E-state index contributed by atoms with van der Waals surface area (Å²) in [6.07, 6.45) is -3.76. The van der Waals surface area contributed by atoms with Crippen LogP contribution in [0.15, 0.2) is 29.6 Å². The molecule has 0 saturated carbocycles. The van der Waals surface area contributed by atoms with E-state index in [1.165, 1.54) is 24.3 Å². The van der Waals surface area contributed by atoms with Crippen molar-refractivity contribution in [2.45, 2.75) is 19.5 Å². The molecule has 0 aliphatic carbocycles. The monoisotopic (exact) mass is 344 g/mol. The highest BCUT2D eigenvalue weighted by Gasteiger charge is 2.28. The summed E-state index contributed by atoms with van der Waals surface area (Å²) in [6, 6.07) is 5.52. The van der Waals surface area contributed by atoms with Crippen LogP contribution in [0.5, 0.6) is 5.75 Å². The van der Waals surface area contributed by atoms with Gasteiger partial charge in [0.05, 0.1) is 10.7 Å². The van der Waals surface area contributed by atoms with Crippen LogP contribution in [0.3, 0.4) is 0 Å². The van der Waals surface area contributed by atoms with Crippen LogP contribution in [0.4, 0.5) is 13.2 Å². The van der Waals surface area contributed by atoms with Gasteiger partial charge in [0.2, 0.25) is 0 Å². The van der Waals surface area contributed by atoms with Gasteiger partial charge in [-0.25, -0.2) is 4.98 Å². The zero-order valence-electron chi connectivity index (χ0n) is 12.3. The van der Waals surface area contributed by atoms with Crippen LogP contribution in [0.1, 0.15) is 21.1 Å².